The normalized spacial score (nSPS) is 11.8. The fourth-order valence-corrected chi connectivity index (χ4v) is 2.99. The topological polar surface area (TPSA) is 88.3 Å². The Bertz CT molecular complexity index is 826. The number of rotatable bonds is 12. The van der Waals surface area contributed by atoms with Gasteiger partial charge >= 0.3 is 5.97 Å². The molecule has 0 amide bonds. The van der Waals surface area contributed by atoms with Crippen LogP contribution < -0.4 is 4.90 Å². The van der Waals surface area contributed by atoms with Crippen LogP contribution in [0.3, 0.4) is 0 Å². The smallest absolute Gasteiger partial charge is 0.329 e. The van der Waals surface area contributed by atoms with E-state index in [1.165, 1.54) is 7.11 Å². The fraction of sp³-hybridized carbons (Fsp3) is 0.545. The van der Waals surface area contributed by atoms with Crippen LogP contribution in [0.2, 0.25) is 0 Å². The minimum atomic E-state index is -1.13. The summed E-state index contributed by atoms with van der Waals surface area (Å²) in [6, 6.07) is 9.58. The molecule has 1 aromatic carbocycles. The zero-order valence-electron chi connectivity index (χ0n) is 17.6. The summed E-state index contributed by atoms with van der Waals surface area (Å²) in [6.45, 7) is 6.24. The van der Waals surface area contributed by atoms with Crippen LogP contribution in [0.5, 0.6) is 0 Å². The van der Waals surface area contributed by atoms with Gasteiger partial charge in [0.25, 0.3) is 0 Å². The predicted octanol–water partition coefficient (Wildman–Crippen LogP) is 3.83. The molecule has 1 atom stereocenters. The number of nitrogens with zero attached hydrogens (tertiary/aromatic N) is 4. The second kappa shape index (κ2) is 12.0. The van der Waals surface area contributed by atoms with E-state index in [4.69, 9.17) is 14.5 Å². The number of carbonyl (C=O) groups excluding carboxylic acids is 1. The van der Waals surface area contributed by atoms with Crippen molar-refractivity contribution in [1.29, 1.82) is 5.26 Å². The number of esters is 1. The van der Waals surface area contributed by atoms with Crippen molar-refractivity contribution in [3.8, 4) is 6.07 Å². The van der Waals surface area contributed by atoms with Crippen LogP contribution in [-0.2, 0) is 14.3 Å². The third-order valence-electron chi connectivity index (χ3n) is 4.61. The molecule has 2 aromatic rings. The molecule has 0 aliphatic carbocycles. The van der Waals surface area contributed by atoms with Crippen molar-refractivity contribution in [2.45, 2.75) is 45.4 Å². The zero-order valence-corrected chi connectivity index (χ0v) is 17.6. The molecule has 0 spiro atoms. The Morgan fingerprint density at radius 1 is 1.10 bits per heavy atom. The molecule has 0 unspecified atom stereocenters. The minimum absolute atomic E-state index is 0.0965. The number of ether oxygens (including phenoxy) is 2. The van der Waals surface area contributed by atoms with Gasteiger partial charge in [-0.2, -0.15) is 5.26 Å². The molecule has 0 aliphatic heterocycles. The lowest BCUT2D eigenvalue weighted by Crippen LogP contribution is -2.30. The van der Waals surface area contributed by atoms with Gasteiger partial charge < -0.3 is 14.4 Å². The highest BCUT2D eigenvalue weighted by Gasteiger charge is 2.30. The van der Waals surface area contributed by atoms with Crippen molar-refractivity contribution >= 4 is 22.8 Å². The molecular formula is C22H30N4O3. The number of aromatic nitrogens is 2. The molecule has 0 radical (unpaired) electrons. The van der Waals surface area contributed by atoms with Gasteiger partial charge in [-0.3, -0.25) is 4.79 Å². The molecule has 0 saturated heterocycles. The van der Waals surface area contributed by atoms with E-state index in [0.29, 0.717) is 17.0 Å². The van der Waals surface area contributed by atoms with Gasteiger partial charge in [-0.15, -0.1) is 0 Å². The van der Waals surface area contributed by atoms with Gasteiger partial charge in [0.2, 0.25) is 0 Å². The quantitative estimate of drug-likeness (QED) is 0.396. The van der Waals surface area contributed by atoms with E-state index in [0.717, 1.165) is 44.3 Å². The highest BCUT2D eigenvalue weighted by atomic mass is 16.6. The Kier molecular flexibility index (Phi) is 9.32. The largest absolute Gasteiger partial charge is 0.462 e. The molecule has 1 aromatic heterocycles. The molecule has 7 heteroatoms. The number of para-hydroxylation sites is 2. The number of nitriles is 1. The van der Waals surface area contributed by atoms with Crippen molar-refractivity contribution < 1.29 is 14.3 Å². The van der Waals surface area contributed by atoms with Crippen LogP contribution in [0.15, 0.2) is 24.3 Å². The molecule has 29 heavy (non-hydrogen) atoms. The maximum atomic E-state index is 12.6. The van der Waals surface area contributed by atoms with Gasteiger partial charge in [-0.25, -0.2) is 9.97 Å². The van der Waals surface area contributed by atoms with Crippen LogP contribution in [-0.4, -0.2) is 49.4 Å². The Labute approximate surface area is 172 Å². The van der Waals surface area contributed by atoms with Crippen LogP contribution in [0.25, 0.3) is 11.0 Å². The Morgan fingerprint density at radius 2 is 1.72 bits per heavy atom. The predicted molar refractivity (Wildman–Crippen MR) is 113 cm³/mol. The van der Waals surface area contributed by atoms with E-state index in [2.05, 4.69) is 29.8 Å². The van der Waals surface area contributed by atoms with Crippen molar-refractivity contribution in [2.24, 2.45) is 0 Å². The van der Waals surface area contributed by atoms with E-state index in [9.17, 15) is 10.1 Å². The first-order valence-corrected chi connectivity index (χ1v) is 10.2. The molecule has 2 rings (SSSR count). The molecule has 0 aliphatic rings. The first-order chi connectivity index (χ1) is 14.2. The van der Waals surface area contributed by atoms with E-state index in [1.807, 2.05) is 24.3 Å². The lowest BCUT2D eigenvalue weighted by molar-refractivity contribution is -0.145. The summed E-state index contributed by atoms with van der Waals surface area (Å²) >= 11 is 0. The SMILES string of the molecule is CCCCN(CCCC)c1nc2ccccc2nc1[C@H](C#N)C(=O)OCCOC. The first kappa shape index (κ1) is 22.6. The number of carbonyl (C=O) groups is 1. The van der Waals surface area contributed by atoms with Crippen molar-refractivity contribution in [1.82, 2.24) is 9.97 Å². The lowest BCUT2D eigenvalue weighted by Gasteiger charge is -2.26. The van der Waals surface area contributed by atoms with Gasteiger partial charge in [-0.1, -0.05) is 38.8 Å². The van der Waals surface area contributed by atoms with E-state index in [-0.39, 0.29) is 13.2 Å². The van der Waals surface area contributed by atoms with E-state index >= 15 is 0 Å². The van der Waals surface area contributed by atoms with Gasteiger partial charge in [0.05, 0.1) is 23.7 Å². The standard InChI is InChI=1S/C22H30N4O3/c1-4-6-12-26(13-7-5-2)21-20(17(16-23)22(27)29-15-14-28-3)24-18-10-8-9-11-19(18)25-21/h8-11,17H,4-7,12-15H2,1-3H3/t17-/m0/s1. The number of unbranched alkanes of at least 4 members (excludes halogenated alkanes) is 2. The summed E-state index contributed by atoms with van der Waals surface area (Å²) < 4.78 is 10.1. The van der Waals surface area contributed by atoms with Crippen molar-refractivity contribution in [3.05, 3.63) is 30.0 Å². The van der Waals surface area contributed by atoms with Crippen LogP contribution in [0.4, 0.5) is 5.82 Å². The highest BCUT2D eigenvalue weighted by molar-refractivity contribution is 5.85. The Balaban J connectivity index is 2.50. The average molecular weight is 399 g/mol. The monoisotopic (exact) mass is 398 g/mol. The Morgan fingerprint density at radius 3 is 2.28 bits per heavy atom. The maximum absolute atomic E-state index is 12.6. The number of benzene rings is 1. The van der Waals surface area contributed by atoms with Gasteiger partial charge in [0.1, 0.15) is 12.3 Å². The van der Waals surface area contributed by atoms with E-state index < -0.39 is 11.9 Å². The summed E-state index contributed by atoms with van der Waals surface area (Å²) in [7, 11) is 1.53. The first-order valence-electron chi connectivity index (χ1n) is 10.2. The van der Waals surface area contributed by atoms with Gasteiger partial charge in [-0.05, 0) is 25.0 Å². The molecule has 0 bridgehead atoms. The second-order valence-electron chi connectivity index (χ2n) is 6.84. The lowest BCUT2D eigenvalue weighted by atomic mass is 10.1. The number of hydrogen-bond donors (Lipinski definition) is 0. The number of fused-ring (bicyclic) bond motifs is 1. The molecule has 0 fully saturated rings. The average Bonchev–Trinajstić information content (AvgIpc) is 2.74. The van der Waals surface area contributed by atoms with Gasteiger partial charge in [0.15, 0.2) is 11.7 Å². The summed E-state index contributed by atoms with van der Waals surface area (Å²) in [6.07, 6.45) is 4.07. The molecule has 0 saturated carbocycles. The zero-order chi connectivity index (χ0) is 21.1. The highest BCUT2D eigenvalue weighted by Crippen LogP contribution is 2.28. The minimum Gasteiger partial charge on any atom is -0.462 e. The third kappa shape index (κ3) is 6.13. The molecule has 7 nitrogen and oxygen atoms in total. The molecule has 156 valence electrons. The summed E-state index contributed by atoms with van der Waals surface area (Å²) in [5, 5.41) is 9.77. The van der Waals surface area contributed by atoms with Crippen LogP contribution in [0, 0.1) is 11.3 Å². The van der Waals surface area contributed by atoms with Crippen LogP contribution in [0.1, 0.15) is 51.1 Å². The molecule has 0 N–H and O–H groups in total. The number of methoxy groups -OCH3 is 1. The van der Waals surface area contributed by atoms with E-state index in [1.54, 1.807) is 0 Å². The molecule has 1 heterocycles. The van der Waals surface area contributed by atoms with Crippen molar-refractivity contribution in [3.63, 3.8) is 0 Å². The fourth-order valence-electron chi connectivity index (χ4n) is 2.99. The second-order valence-corrected chi connectivity index (χ2v) is 6.84. The number of anilines is 1. The summed E-state index contributed by atoms with van der Waals surface area (Å²) in [5.74, 6) is -1.16. The van der Waals surface area contributed by atoms with Gasteiger partial charge in [0, 0.05) is 20.2 Å². The third-order valence-corrected chi connectivity index (χ3v) is 4.61. The van der Waals surface area contributed by atoms with Crippen LogP contribution >= 0.6 is 0 Å². The summed E-state index contributed by atoms with van der Waals surface area (Å²) in [5.41, 5.74) is 1.76. The maximum Gasteiger partial charge on any atom is 0.329 e. The summed E-state index contributed by atoms with van der Waals surface area (Å²) in [4.78, 5) is 24.2. The number of hydrogen-bond acceptors (Lipinski definition) is 7. The Hall–Kier alpha value is -2.72. The molecular weight excluding hydrogens is 368 g/mol. The van der Waals surface area contributed by atoms with Crippen molar-refractivity contribution in [2.75, 3.05) is 38.3 Å².